The average Bonchev–Trinajstić information content (AvgIpc) is 2.58. The molecule has 0 spiro atoms. The van der Waals surface area contributed by atoms with Crippen LogP contribution in [0.2, 0.25) is 0 Å². The number of carboxylic acid groups (broad SMARTS) is 1. The maximum absolute atomic E-state index is 11.5. The van der Waals surface area contributed by atoms with Gasteiger partial charge in [0, 0.05) is 12.6 Å². The number of benzene rings is 2. The van der Waals surface area contributed by atoms with Crippen LogP contribution in [0.15, 0.2) is 48.5 Å². The minimum Gasteiger partial charge on any atom is -0.497 e. The van der Waals surface area contributed by atoms with Crippen molar-refractivity contribution in [3.8, 4) is 11.5 Å². The van der Waals surface area contributed by atoms with Gasteiger partial charge >= 0.3 is 5.97 Å². The minimum atomic E-state index is -0.872. The summed E-state index contributed by atoms with van der Waals surface area (Å²) in [5, 5.41) is 12.5. The summed E-state index contributed by atoms with van der Waals surface area (Å²) < 4.78 is 10.4. The second kappa shape index (κ2) is 8.19. The van der Waals surface area contributed by atoms with E-state index in [0.717, 1.165) is 11.1 Å². The fraction of sp³-hybridized carbons (Fsp3) is 0.278. The Morgan fingerprint density at radius 2 is 1.65 bits per heavy atom. The molecule has 2 N–H and O–H groups in total. The maximum atomic E-state index is 11.5. The van der Waals surface area contributed by atoms with Gasteiger partial charge in [-0.25, -0.2) is 0 Å². The van der Waals surface area contributed by atoms with Crippen molar-refractivity contribution in [1.29, 1.82) is 0 Å². The molecule has 0 fully saturated rings. The lowest BCUT2D eigenvalue weighted by molar-refractivity contribution is -0.139. The Bertz CT molecular complexity index is 620. The molecule has 0 saturated heterocycles. The largest absolute Gasteiger partial charge is 0.497 e. The van der Waals surface area contributed by atoms with Crippen LogP contribution in [0.1, 0.15) is 11.1 Å². The summed E-state index contributed by atoms with van der Waals surface area (Å²) in [6.07, 6.45) is 0.428. The Balaban J connectivity index is 2.05. The van der Waals surface area contributed by atoms with Gasteiger partial charge in [-0.1, -0.05) is 30.3 Å². The van der Waals surface area contributed by atoms with Crippen LogP contribution in [0.5, 0.6) is 11.5 Å². The Kier molecular flexibility index (Phi) is 6.00. The third-order valence-electron chi connectivity index (χ3n) is 3.54. The molecule has 0 heterocycles. The lowest BCUT2D eigenvalue weighted by Gasteiger charge is -2.15. The van der Waals surface area contributed by atoms with Crippen molar-refractivity contribution in [2.75, 3.05) is 14.2 Å². The van der Waals surface area contributed by atoms with Crippen molar-refractivity contribution in [3.63, 3.8) is 0 Å². The first-order valence-corrected chi connectivity index (χ1v) is 7.34. The van der Waals surface area contributed by atoms with Gasteiger partial charge < -0.3 is 19.9 Å². The van der Waals surface area contributed by atoms with Crippen LogP contribution in [0.4, 0.5) is 0 Å². The number of ether oxygens (including phenoxy) is 2. The summed E-state index contributed by atoms with van der Waals surface area (Å²) in [5.41, 5.74) is 1.89. The molecule has 0 amide bonds. The molecular weight excluding hydrogens is 294 g/mol. The number of carboxylic acids is 1. The van der Waals surface area contributed by atoms with Crippen LogP contribution in [0.3, 0.4) is 0 Å². The molecular formula is C18H21NO4. The third kappa shape index (κ3) is 5.00. The number of nitrogens with one attached hydrogen (secondary N) is 1. The van der Waals surface area contributed by atoms with E-state index in [9.17, 15) is 9.90 Å². The second-order valence-electron chi connectivity index (χ2n) is 5.18. The van der Waals surface area contributed by atoms with Gasteiger partial charge in [-0.15, -0.1) is 0 Å². The summed E-state index contributed by atoms with van der Waals surface area (Å²) in [6, 6.07) is 14.4. The fourth-order valence-corrected chi connectivity index (χ4v) is 2.31. The summed E-state index contributed by atoms with van der Waals surface area (Å²) in [6.45, 7) is 0.414. The van der Waals surface area contributed by atoms with Gasteiger partial charge in [0.1, 0.15) is 17.5 Å². The quantitative estimate of drug-likeness (QED) is 0.783. The summed E-state index contributed by atoms with van der Waals surface area (Å²) in [7, 11) is 3.17. The van der Waals surface area contributed by atoms with Crippen molar-refractivity contribution < 1.29 is 19.4 Å². The highest BCUT2D eigenvalue weighted by atomic mass is 16.5. The predicted octanol–water partition coefficient (Wildman–Crippen LogP) is 2.49. The molecule has 0 aromatic heterocycles. The van der Waals surface area contributed by atoms with Gasteiger partial charge in [-0.2, -0.15) is 0 Å². The van der Waals surface area contributed by atoms with Crippen molar-refractivity contribution in [3.05, 3.63) is 59.7 Å². The smallest absolute Gasteiger partial charge is 0.321 e. The van der Waals surface area contributed by atoms with E-state index in [-0.39, 0.29) is 0 Å². The number of methoxy groups -OCH3 is 2. The molecule has 122 valence electrons. The normalized spacial score (nSPS) is 11.7. The van der Waals surface area contributed by atoms with E-state index in [2.05, 4.69) is 5.32 Å². The Morgan fingerprint density at radius 1 is 1.04 bits per heavy atom. The molecule has 1 atom stereocenters. The molecule has 0 aliphatic carbocycles. The van der Waals surface area contributed by atoms with E-state index in [4.69, 9.17) is 9.47 Å². The Hall–Kier alpha value is -2.53. The topological polar surface area (TPSA) is 67.8 Å². The van der Waals surface area contributed by atoms with Crippen LogP contribution in [-0.2, 0) is 17.8 Å². The number of carbonyl (C=O) groups is 1. The van der Waals surface area contributed by atoms with Crippen molar-refractivity contribution >= 4 is 5.97 Å². The van der Waals surface area contributed by atoms with E-state index in [1.807, 2.05) is 42.5 Å². The Labute approximate surface area is 135 Å². The molecule has 2 aromatic carbocycles. The van der Waals surface area contributed by atoms with Crippen molar-refractivity contribution in [1.82, 2.24) is 5.32 Å². The van der Waals surface area contributed by atoms with Crippen LogP contribution in [0, 0.1) is 0 Å². The zero-order chi connectivity index (χ0) is 16.7. The number of hydrogen-bond donors (Lipinski definition) is 2. The maximum Gasteiger partial charge on any atom is 0.321 e. The first-order valence-electron chi connectivity index (χ1n) is 7.34. The van der Waals surface area contributed by atoms with E-state index >= 15 is 0 Å². The minimum absolute atomic E-state index is 0.414. The highest BCUT2D eigenvalue weighted by molar-refractivity contribution is 5.73. The van der Waals surface area contributed by atoms with Crippen LogP contribution in [0.25, 0.3) is 0 Å². The zero-order valence-electron chi connectivity index (χ0n) is 13.3. The second-order valence-corrected chi connectivity index (χ2v) is 5.18. The van der Waals surface area contributed by atoms with Crippen LogP contribution >= 0.6 is 0 Å². The van der Waals surface area contributed by atoms with Gasteiger partial charge in [-0.05, 0) is 29.7 Å². The third-order valence-corrected chi connectivity index (χ3v) is 3.54. The first kappa shape index (κ1) is 16.8. The van der Waals surface area contributed by atoms with Crippen LogP contribution in [-0.4, -0.2) is 31.3 Å². The van der Waals surface area contributed by atoms with Gasteiger partial charge in [0.2, 0.25) is 0 Å². The molecule has 0 radical (unpaired) electrons. The molecule has 23 heavy (non-hydrogen) atoms. The molecule has 5 heteroatoms. The lowest BCUT2D eigenvalue weighted by Crippen LogP contribution is -2.38. The molecule has 0 unspecified atom stereocenters. The number of rotatable bonds is 8. The molecule has 5 nitrogen and oxygen atoms in total. The van der Waals surface area contributed by atoms with Gasteiger partial charge in [-0.3, -0.25) is 4.79 Å². The molecule has 0 aliphatic rings. The molecule has 2 aromatic rings. The molecule has 2 rings (SSSR count). The van der Waals surface area contributed by atoms with Gasteiger partial charge in [0.25, 0.3) is 0 Å². The summed E-state index contributed by atoms with van der Waals surface area (Å²) in [5.74, 6) is 0.482. The molecule has 0 aliphatic heterocycles. The SMILES string of the molecule is COc1cc(CN[C@@H](Cc2ccccc2)C(=O)O)cc(OC)c1. The highest BCUT2D eigenvalue weighted by Gasteiger charge is 2.17. The zero-order valence-corrected chi connectivity index (χ0v) is 13.3. The average molecular weight is 315 g/mol. The number of hydrogen-bond acceptors (Lipinski definition) is 4. The van der Waals surface area contributed by atoms with Gasteiger partial charge in [0.05, 0.1) is 14.2 Å². The van der Waals surface area contributed by atoms with E-state index in [1.165, 1.54) is 0 Å². The monoisotopic (exact) mass is 315 g/mol. The van der Waals surface area contributed by atoms with Gasteiger partial charge in [0.15, 0.2) is 0 Å². The fourth-order valence-electron chi connectivity index (χ4n) is 2.31. The van der Waals surface area contributed by atoms with E-state index in [1.54, 1.807) is 20.3 Å². The summed E-state index contributed by atoms with van der Waals surface area (Å²) in [4.78, 5) is 11.5. The lowest BCUT2D eigenvalue weighted by atomic mass is 10.1. The van der Waals surface area contributed by atoms with E-state index < -0.39 is 12.0 Å². The highest BCUT2D eigenvalue weighted by Crippen LogP contribution is 2.22. The summed E-state index contributed by atoms with van der Waals surface area (Å²) >= 11 is 0. The first-order chi connectivity index (χ1) is 11.1. The van der Waals surface area contributed by atoms with Crippen molar-refractivity contribution in [2.45, 2.75) is 19.0 Å². The number of aliphatic carboxylic acids is 1. The molecule has 0 saturated carbocycles. The van der Waals surface area contributed by atoms with Crippen LogP contribution < -0.4 is 14.8 Å². The van der Waals surface area contributed by atoms with Crippen molar-refractivity contribution in [2.24, 2.45) is 0 Å². The predicted molar refractivity (Wildman–Crippen MR) is 88.0 cm³/mol. The standard InChI is InChI=1S/C18H21NO4/c1-22-15-8-14(9-16(11-15)23-2)12-19-17(18(20)21)10-13-6-4-3-5-7-13/h3-9,11,17,19H,10,12H2,1-2H3,(H,20,21)/t17-/m0/s1. The van der Waals surface area contributed by atoms with E-state index in [0.29, 0.717) is 24.5 Å². The molecule has 0 bridgehead atoms. The Morgan fingerprint density at radius 3 is 2.17 bits per heavy atom.